The fourth-order valence-electron chi connectivity index (χ4n) is 2.44. The van der Waals surface area contributed by atoms with Gasteiger partial charge in [0.05, 0.1) is 10.6 Å². The van der Waals surface area contributed by atoms with Gasteiger partial charge in [0, 0.05) is 12.3 Å². The van der Waals surface area contributed by atoms with Crippen molar-refractivity contribution in [3.63, 3.8) is 0 Å². The Morgan fingerprint density at radius 1 is 0.966 bits per heavy atom. The second-order valence-electron chi connectivity index (χ2n) is 5.83. The summed E-state index contributed by atoms with van der Waals surface area (Å²) in [6, 6.07) is 11.0. The highest BCUT2D eigenvalue weighted by Crippen LogP contribution is 2.22. The van der Waals surface area contributed by atoms with E-state index in [4.69, 9.17) is 0 Å². The van der Waals surface area contributed by atoms with E-state index in [2.05, 4.69) is 10.3 Å². The van der Waals surface area contributed by atoms with E-state index in [1.807, 2.05) is 0 Å². The molecule has 0 aliphatic rings. The number of benzene rings is 2. The van der Waals surface area contributed by atoms with E-state index in [1.54, 1.807) is 6.07 Å². The Morgan fingerprint density at radius 2 is 1.66 bits per heavy atom. The van der Waals surface area contributed by atoms with Crippen molar-refractivity contribution in [1.29, 1.82) is 0 Å². The van der Waals surface area contributed by atoms with Crippen LogP contribution in [0.4, 0.5) is 24.7 Å². The molecule has 0 spiro atoms. The molecular weight excluding hydrogens is 407 g/mol. The zero-order chi connectivity index (χ0) is 21.0. The summed E-state index contributed by atoms with van der Waals surface area (Å²) in [6.07, 6.45) is 1.33. The molecule has 0 bridgehead atoms. The van der Waals surface area contributed by atoms with Crippen LogP contribution in [-0.4, -0.2) is 25.9 Å². The normalized spacial score (nSPS) is 11.1. The number of aromatic nitrogens is 1. The van der Waals surface area contributed by atoms with Gasteiger partial charge in [-0.3, -0.25) is 4.79 Å². The molecule has 3 rings (SSSR count). The van der Waals surface area contributed by atoms with Crippen LogP contribution in [0.15, 0.2) is 71.8 Å². The van der Waals surface area contributed by atoms with E-state index in [0.717, 1.165) is 36.4 Å². The highest BCUT2D eigenvalue weighted by Gasteiger charge is 2.28. The van der Waals surface area contributed by atoms with Gasteiger partial charge in [-0.05, 0) is 48.5 Å². The Morgan fingerprint density at radius 3 is 2.28 bits per heavy atom. The van der Waals surface area contributed by atoms with Gasteiger partial charge >= 0.3 is 0 Å². The third kappa shape index (κ3) is 4.72. The minimum Gasteiger partial charge on any atom is -0.322 e. The van der Waals surface area contributed by atoms with Gasteiger partial charge in [0.2, 0.25) is 5.91 Å². The molecule has 0 fully saturated rings. The lowest BCUT2D eigenvalue weighted by molar-refractivity contribution is -0.114. The predicted octanol–water partition coefficient (Wildman–Crippen LogP) is 3.33. The van der Waals surface area contributed by atoms with Gasteiger partial charge < -0.3 is 5.32 Å². The summed E-state index contributed by atoms with van der Waals surface area (Å²) in [4.78, 5) is 16.1. The summed E-state index contributed by atoms with van der Waals surface area (Å²) in [6.45, 7) is -0.743. The molecule has 1 aromatic heterocycles. The monoisotopic (exact) mass is 421 g/mol. The number of pyridine rings is 1. The third-order valence-corrected chi connectivity index (χ3v) is 5.56. The van der Waals surface area contributed by atoms with E-state index in [0.29, 0.717) is 10.4 Å². The van der Waals surface area contributed by atoms with Crippen LogP contribution in [0.1, 0.15) is 0 Å². The van der Waals surface area contributed by atoms with Crippen molar-refractivity contribution in [1.82, 2.24) is 4.98 Å². The molecule has 3 aromatic rings. The van der Waals surface area contributed by atoms with Crippen molar-refractivity contribution < 1.29 is 26.4 Å². The maximum atomic E-state index is 13.8. The van der Waals surface area contributed by atoms with Crippen molar-refractivity contribution in [2.45, 2.75) is 4.90 Å². The molecule has 2 aromatic carbocycles. The molecule has 29 heavy (non-hydrogen) atoms. The highest BCUT2D eigenvalue weighted by atomic mass is 32.2. The Bertz CT molecular complexity index is 1120. The lowest BCUT2D eigenvalue weighted by Crippen LogP contribution is -2.38. The largest absolute Gasteiger partial charge is 0.322 e. The topological polar surface area (TPSA) is 79.4 Å². The molecule has 6 nitrogen and oxygen atoms in total. The zero-order valence-electron chi connectivity index (χ0n) is 14.7. The van der Waals surface area contributed by atoms with Crippen LogP contribution < -0.4 is 9.62 Å². The summed E-state index contributed by atoms with van der Waals surface area (Å²) in [5.74, 6) is -3.41. The molecule has 10 heteroatoms. The zero-order valence-corrected chi connectivity index (χ0v) is 15.5. The molecule has 0 saturated heterocycles. The van der Waals surface area contributed by atoms with Crippen LogP contribution in [0, 0.1) is 17.5 Å². The van der Waals surface area contributed by atoms with Crippen molar-refractivity contribution >= 4 is 27.4 Å². The minimum atomic E-state index is -4.29. The summed E-state index contributed by atoms with van der Waals surface area (Å²) in [7, 11) is -4.29. The second-order valence-corrected chi connectivity index (χ2v) is 7.69. The van der Waals surface area contributed by atoms with Crippen molar-refractivity contribution in [2.24, 2.45) is 0 Å². The van der Waals surface area contributed by atoms with Crippen LogP contribution in [0.25, 0.3) is 0 Å². The quantitative estimate of drug-likeness (QED) is 0.662. The molecular formula is C19H14F3N3O3S. The lowest BCUT2D eigenvalue weighted by atomic mass is 10.3. The summed E-state index contributed by atoms with van der Waals surface area (Å²) >= 11 is 0. The van der Waals surface area contributed by atoms with Gasteiger partial charge in [0.15, 0.2) is 0 Å². The first kappa shape index (κ1) is 20.3. The van der Waals surface area contributed by atoms with E-state index in [1.165, 1.54) is 18.3 Å². The fourth-order valence-corrected chi connectivity index (χ4v) is 3.81. The minimum absolute atomic E-state index is 0.0634. The van der Waals surface area contributed by atoms with Crippen molar-refractivity contribution in [2.75, 3.05) is 16.2 Å². The SMILES string of the molecule is O=C(CN(c1ccccn1)S(=O)(=O)c1ccc(F)cc1)Nc1ccc(F)cc1F. The number of carbonyl (C=O) groups excluding carboxylic acids is 1. The number of halogens is 3. The first-order chi connectivity index (χ1) is 13.8. The van der Waals surface area contributed by atoms with Crippen LogP contribution >= 0.6 is 0 Å². The number of hydrogen-bond donors (Lipinski definition) is 1. The average molecular weight is 421 g/mol. The van der Waals surface area contributed by atoms with Gasteiger partial charge in [0.1, 0.15) is 29.8 Å². The van der Waals surface area contributed by atoms with Crippen LogP contribution in [-0.2, 0) is 14.8 Å². The molecule has 1 amide bonds. The van der Waals surface area contributed by atoms with Gasteiger partial charge in [-0.15, -0.1) is 0 Å². The molecule has 1 N–H and O–H groups in total. The molecule has 0 aliphatic heterocycles. The number of nitrogens with one attached hydrogen (secondary N) is 1. The second kappa shape index (κ2) is 8.31. The Balaban J connectivity index is 1.92. The molecule has 0 atom stereocenters. The first-order valence-corrected chi connectivity index (χ1v) is 9.65. The fraction of sp³-hybridized carbons (Fsp3) is 0.0526. The van der Waals surface area contributed by atoms with E-state index in [-0.39, 0.29) is 16.4 Å². The van der Waals surface area contributed by atoms with E-state index in [9.17, 15) is 26.4 Å². The van der Waals surface area contributed by atoms with Gasteiger partial charge in [-0.1, -0.05) is 6.07 Å². The first-order valence-electron chi connectivity index (χ1n) is 8.21. The number of sulfonamides is 1. The maximum Gasteiger partial charge on any atom is 0.265 e. The van der Waals surface area contributed by atoms with Gasteiger partial charge in [0.25, 0.3) is 10.0 Å². The number of rotatable bonds is 6. The van der Waals surface area contributed by atoms with Crippen LogP contribution in [0.5, 0.6) is 0 Å². The number of hydrogen-bond acceptors (Lipinski definition) is 4. The van der Waals surface area contributed by atoms with E-state index >= 15 is 0 Å². The highest BCUT2D eigenvalue weighted by molar-refractivity contribution is 7.92. The van der Waals surface area contributed by atoms with Crippen molar-refractivity contribution in [3.05, 3.63) is 84.3 Å². The van der Waals surface area contributed by atoms with Gasteiger partial charge in [-0.2, -0.15) is 0 Å². The lowest BCUT2D eigenvalue weighted by Gasteiger charge is -2.23. The Labute approximate surface area is 164 Å². The molecule has 1 heterocycles. The van der Waals surface area contributed by atoms with Crippen molar-refractivity contribution in [3.8, 4) is 0 Å². The summed E-state index contributed by atoms with van der Waals surface area (Å²) in [5.41, 5.74) is -0.309. The predicted molar refractivity (Wildman–Crippen MR) is 100 cm³/mol. The number of anilines is 2. The number of carbonyl (C=O) groups is 1. The summed E-state index contributed by atoms with van der Waals surface area (Å²) in [5, 5.41) is 2.20. The molecule has 0 aliphatic carbocycles. The van der Waals surface area contributed by atoms with Crippen LogP contribution in [0.3, 0.4) is 0 Å². The smallest absolute Gasteiger partial charge is 0.265 e. The maximum absolute atomic E-state index is 13.8. The van der Waals surface area contributed by atoms with Crippen LogP contribution in [0.2, 0.25) is 0 Å². The number of nitrogens with zero attached hydrogens (tertiary/aromatic N) is 2. The number of amides is 1. The standard InChI is InChI=1S/C19H14F3N3O3S/c20-13-4-7-15(8-5-13)29(27,28)25(18-3-1-2-10-23-18)12-19(26)24-17-9-6-14(21)11-16(17)22/h1-11H,12H2,(H,24,26). The average Bonchev–Trinajstić information content (AvgIpc) is 2.69. The molecule has 0 unspecified atom stereocenters. The van der Waals surface area contributed by atoms with E-state index < -0.39 is 39.9 Å². The Kier molecular flexibility index (Phi) is 5.83. The molecule has 0 saturated carbocycles. The Hall–Kier alpha value is -3.40. The van der Waals surface area contributed by atoms with Gasteiger partial charge in [-0.25, -0.2) is 30.9 Å². The third-order valence-electron chi connectivity index (χ3n) is 3.80. The molecule has 0 radical (unpaired) electrons. The summed E-state index contributed by atoms with van der Waals surface area (Å²) < 4.78 is 66.7. The molecule has 150 valence electrons.